The van der Waals surface area contributed by atoms with E-state index >= 15 is 0 Å². The number of amides is 1. The Labute approximate surface area is 171 Å². The third-order valence-electron chi connectivity index (χ3n) is 4.49. The van der Waals surface area contributed by atoms with Crippen LogP contribution in [0.5, 0.6) is 0 Å². The minimum Gasteiger partial charge on any atom is -0.304 e. The van der Waals surface area contributed by atoms with E-state index in [-0.39, 0.29) is 16.8 Å². The van der Waals surface area contributed by atoms with E-state index in [0.717, 1.165) is 30.9 Å². The molecule has 0 spiro atoms. The standard InChI is InChI=1S/C19H22F3N5OS/c1-13(17(28)25-27-10-8-26(2)9-11-27)29-18-23-15(14-6-4-3-5-7-14)12-16(24-18)19(20,21)22/h3-7,12-13H,8-11H2,1-2H3,(H,25,28). The van der Waals surface area contributed by atoms with E-state index in [1.54, 1.807) is 37.3 Å². The van der Waals surface area contributed by atoms with E-state index < -0.39 is 17.1 Å². The largest absolute Gasteiger partial charge is 0.433 e. The molecule has 2 aromatic rings. The average Bonchev–Trinajstić information content (AvgIpc) is 2.69. The third-order valence-corrected chi connectivity index (χ3v) is 5.45. The first-order chi connectivity index (χ1) is 13.7. The summed E-state index contributed by atoms with van der Waals surface area (Å²) in [5.74, 6) is -0.290. The predicted molar refractivity (Wildman–Crippen MR) is 105 cm³/mol. The molecule has 1 aromatic carbocycles. The monoisotopic (exact) mass is 425 g/mol. The molecule has 10 heteroatoms. The van der Waals surface area contributed by atoms with Crippen molar-refractivity contribution in [3.05, 3.63) is 42.1 Å². The second kappa shape index (κ2) is 9.10. The van der Waals surface area contributed by atoms with Crippen LogP contribution >= 0.6 is 11.8 Å². The third kappa shape index (κ3) is 5.91. The van der Waals surface area contributed by atoms with Gasteiger partial charge in [-0.2, -0.15) is 13.2 Å². The molecule has 1 N–H and O–H groups in total. The molecule has 3 rings (SSSR count). The summed E-state index contributed by atoms with van der Waals surface area (Å²) in [5.41, 5.74) is 2.51. The second-order valence-corrected chi connectivity index (χ2v) is 8.12. The minimum absolute atomic E-state index is 0.0836. The van der Waals surface area contributed by atoms with E-state index in [1.807, 2.05) is 12.1 Å². The van der Waals surface area contributed by atoms with E-state index in [4.69, 9.17) is 0 Å². The first-order valence-electron chi connectivity index (χ1n) is 9.15. The van der Waals surface area contributed by atoms with Gasteiger partial charge in [-0.25, -0.2) is 15.0 Å². The number of thioether (sulfide) groups is 1. The lowest BCUT2D eigenvalue weighted by Gasteiger charge is -2.32. The maximum Gasteiger partial charge on any atom is 0.433 e. The zero-order valence-corrected chi connectivity index (χ0v) is 16.9. The highest BCUT2D eigenvalue weighted by Gasteiger charge is 2.34. The summed E-state index contributed by atoms with van der Waals surface area (Å²) in [7, 11) is 2.01. The fraction of sp³-hybridized carbons (Fsp3) is 0.421. The van der Waals surface area contributed by atoms with Gasteiger partial charge in [-0.1, -0.05) is 42.1 Å². The van der Waals surface area contributed by atoms with Crippen LogP contribution in [-0.2, 0) is 11.0 Å². The van der Waals surface area contributed by atoms with Crippen molar-refractivity contribution in [2.75, 3.05) is 33.2 Å². The van der Waals surface area contributed by atoms with Crippen molar-refractivity contribution < 1.29 is 18.0 Å². The van der Waals surface area contributed by atoms with Crippen molar-refractivity contribution in [2.45, 2.75) is 23.5 Å². The highest BCUT2D eigenvalue weighted by atomic mass is 32.2. The molecule has 156 valence electrons. The average molecular weight is 425 g/mol. The molecule has 2 heterocycles. The van der Waals surface area contributed by atoms with Crippen LogP contribution in [0.15, 0.2) is 41.6 Å². The number of halogens is 3. The van der Waals surface area contributed by atoms with Crippen molar-refractivity contribution in [1.29, 1.82) is 0 Å². The molecule has 1 atom stereocenters. The van der Waals surface area contributed by atoms with Crippen molar-refractivity contribution in [3.8, 4) is 11.3 Å². The Morgan fingerprint density at radius 2 is 1.79 bits per heavy atom. The molecule has 0 saturated carbocycles. The maximum absolute atomic E-state index is 13.3. The fourth-order valence-electron chi connectivity index (χ4n) is 2.76. The lowest BCUT2D eigenvalue weighted by Crippen LogP contribution is -2.53. The van der Waals surface area contributed by atoms with Crippen molar-refractivity contribution >= 4 is 17.7 Å². The van der Waals surface area contributed by atoms with E-state index in [2.05, 4.69) is 20.3 Å². The molecule has 1 aliphatic rings. The van der Waals surface area contributed by atoms with Gasteiger partial charge in [-0.05, 0) is 20.0 Å². The van der Waals surface area contributed by atoms with Crippen molar-refractivity contribution in [3.63, 3.8) is 0 Å². The molecular formula is C19H22F3N5OS. The van der Waals surface area contributed by atoms with E-state index in [9.17, 15) is 18.0 Å². The van der Waals surface area contributed by atoms with Crippen molar-refractivity contribution in [1.82, 2.24) is 25.3 Å². The number of nitrogens with zero attached hydrogens (tertiary/aromatic N) is 4. The molecule has 29 heavy (non-hydrogen) atoms. The molecule has 1 amide bonds. The first-order valence-corrected chi connectivity index (χ1v) is 10.0. The minimum atomic E-state index is -4.60. The van der Waals surface area contributed by atoms with Gasteiger partial charge in [-0.15, -0.1) is 0 Å². The van der Waals surface area contributed by atoms with E-state index in [0.29, 0.717) is 18.7 Å². The number of nitrogens with one attached hydrogen (secondary N) is 1. The Morgan fingerprint density at radius 3 is 2.41 bits per heavy atom. The zero-order chi connectivity index (χ0) is 21.0. The van der Waals surface area contributed by atoms with Gasteiger partial charge in [0.1, 0.15) is 5.69 Å². The van der Waals surface area contributed by atoms with Gasteiger partial charge in [0.2, 0.25) is 5.91 Å². The summed E-state index contributed by atoms with van der Waals surface area (Å²) < 4.78 is 39.9. The molecule has 0 bridgehead atoms. The van der Waals surface area contributed by atoms with Gasteiger partial charge in [0.25, 0.3) is 0 Å². The number of benzene rings is 1. The van der Waals surface area contributed by atoms with Crippen LogP contribution in [0.3, 0.4) is 0 Å². The van der Waals surface area contributed by atoms with Crippen LogP contribution in [0.2, 0.25) is 0 Å². The first kappa shape index (κ1) is 21.5. The molecule has 1 saturated heterocycles. The quantitative estimate of drug-likeness (QED) is 0.587. The second-order valence-electron chi connectivity index (χ2n) is 6.81. The number of carbonyl (C=O) groups excluding carboxylic acids is 1. The number of rotatable bonds is 5. The molecule has 0 aliphatic carbocycles. The van der Waals surface area contributed by atoms with Crippen LogP contribution in [0.4, 0.5) is 13.2 Å². The Hall–Kier alpha value is -2.17. The lowest BCUT2D eigenvalue weighted by molar-refractivity contribution is -0.141. The van der Waals surface area contributed by atoms with Gasteiger partial charge in [0.05, 0.1) is 10.9 Å². The maximum atomic E-state index is 13.3. The van der Waals surface area contributed by atoms with Gasteiger partial charge in [0.15, 0.2) is 5.16 Å². The van der Waals surface area contributed by atoms with Gasteiger partial charge < -0.3 is 4.90 Å². The van der Waals surface area contributed by atoms with Crippen LogP contribution in [0.1, 0.15) is 12.6 Å². The van der Waals surface area contributed by atoms with Crippen molar-refractivity contribution in [2.24, 2.45) is 0 Å². The number of aromatic nitrogens is 2. The summed E-state index contributed by atoms with van der Waals surface area (Å²) in [4.78, 5) is 22.5. The normalized spacial score (nSPS) is 17.1. The molecular weight excluding hydrogens is 403 g/mol. The van der Waals surface area contributed by atoms with Crippen LogP contribution in [0, 0.1) is 0 Å². The Morgan fingerprint density at radius 1 is 1.14 bits per heavy atom. The molecule has 0 radical (unpaired) electrons. The predicted octanol–water partition coefficient (Wildman–Crippen LogP) is 2.92. The van der Waals surface area contributed by atoms with Crippen LogP contribution in [0.25, 0.3) is 11.3 Å². The van der Waals surface area contributed by atoms with Gasteiger partial charge in [-0.3, -0.25) is 10.2 Å². The summed E-state index contributed by atoms with van der Waals surface area (Å²) in [6, 6.07) is 9.51. The lowest BCUT2D eigenvalue weighted by atomic mass is 10.1. The van der Waals surface area contributed by atoms with Crippen LogP contribution < -0.4 is 5.43 Å². The SMILES string of the molecule is CC(Sc1nc(-c2ccccc2)cc(C(F)(F)F)n1)C(=O)NN1CCN(C)CC1. The summed E-state index contributed by atoms with van der Waals surface area (Å²) in [6.45, 7) is 4.68. The molecule has 6 nitrogen and oxygen atoms in total. The smallest absolute Gasteiger partial charge is 0.304 e. The van der Waals surface area contributed by atoms with Crippen LogP contribution in [-0.4, -0.2) is 64.3 Å². The van der Waals surface area contributed by atoms with Gasteiger partial charge in [0, 0.05) is 31.7 Å². The Bertz CT molecular complexity index is 841. The number of likely N-dealkylation sites (N-methyl/N-ethyl adjacent to an activating group) is 1. The number of piperazine rings is 1. The summed E-state index contributed by atoms with van der Waals surface area (Å²) in [6.07, 6.45) is -4.60. The molecule has 1 unspecified atom stereocenters. The van der Waals surface area contributed by atoms with Gasteiger partial charge >= 0.3 is 6.18 Å². The zero-order valence-electron chi connectivity index (χ0n) is 16.1. The number of alkyl halides is 3. The number of hydrogen-bond acceptors (Lipinski definition) is 6. The number of hydrazine groups is 1. The molecule has 1 aromatic heterocycles. The molecule has 1 fully saturated rings. The van der Waals surface area contributed by atoms with E-state index in [1.165, 1.54) is 0 Å². The summed E-state index contributed by atoms with van der Waals surface area (Å²) >= 11 is 0.909. The topological polar surface area (TPSA) is 61.4 Å². The number of carbonyl (C=O) groups is 1. The molecule has 1 aliphatic heterocycles. The Kier molecular flexibility index (Phi) is 6.76. The Balaban J connectivity index is 1.76. The number of hydrogen-bond donors (Lipinski definition) is 1. The highest BCUT2D eigenvalue weighted by Crippen LogP contribution is 2.32. The summed E-state index contributed by atoms with van der Waals surface area (Å²) in [5, 5.41) is 1.09. The fourth-order valence-corrected chi connectivity index (χ4v) is 3.53. The highest BCUT2D eigenvalue weighted by molar-refractivity contribution is 8.00.